The summed E-state index contributed by atoms with van der Waals surface area (Å²) in [5.41, 5.74) is 1.21. The lowest BCUT2D eigenvalue weighted by atomic mass is 10.2. The molecule has 0 aliphatic rings. The summed E-state index contributed by atoms with van der Waals surface area (Å²) in [6, 6.07) is 6.68. The summed E-state index contributed by atoms with van der Waals surface area (Å²) in [5, 5.41) is 3.44. The first-order valence-electron chi connectivity index (χ1n) is 7.39. The minimum absolute atomic E-state index is 0.473. The molecule has 20 heavy (non-hydrogen) atoms. The van der Waals surface area contributed by atoms with E-state index < -0.39 is 0 Å². The number of allylic oxidation sites excluding steroid dienone is 1. The second-order valence-electron chi connectivity index (χ2n) is 5.25. The van der Waals surface area contributed by atoms with Gasteiger partial charge in [0.25, 0.3) is 0 Å². The molecule has 1 N–H and O–H groups in total. The maximum absolute atomic E-state index is 5.97. The highest BCUT2D eigenvalue weighted by Crippen LogP contribution is 2.29. The number of nitrogens with one attached hydrogen (secondary N) is 1. The number of halogens is 1. The topological polar surface area (TPSA) is 21.3 Å². The standard InChI is InChI=1S/C17H26BrNO/c1-4-5-6-7-8-12-20-17-15(13-19-14(2)3)10-9-11-16(17)18/h4,9-11,14,19H,1,5-8,12-13H2,2-3H3. The molecule has 0 radical (unpaired) electrons. The van der Waals surface area contributed by atoms with Crippen LogP contribution in [0.25, 0.3) is 0 Å². The Morgan fingerprint density at radius 1 is 1.30 bits per heavy atom. The van der Waals surface area contributed by atoms with Gasteiger partial charge in [-0.1, -0.05) is 32.1 Å². The van der Waals surface area contributed by atoms with Crippen molar-refractivity contribution in [2.75, 3.05) is 6.61 Å². The second kappa shape index (κ2) is 10.0. The average molecular weight is 340 g/mol. The quantitative estimate of drug-likeness (QED) is 0.474. The van der Waals surface area contributed by atoms with Crippen LogP contribution in [-0.4, -0.2) is 12.6 Å². The van der Waals surface area contributed by atoms with Crippen LogP contribution in [0.5, 0.6) is 5.75 Å². The Morgan fingerprint density at radius 2 is 2.10 bits per heavy atom. The molecule has 0 spiro atoms. The second-order valence-corrected chi connectivity index (χ2v) is 6.10. The molecule has 1 aromatic carbocycles. The van der Waals surface area contributed by atoms with E-state index in [9.17, 15) is 0 Å². The average Bonchev–Trinajstić information content (AvgIpc) is 2.42. The van der Waals surface area contributed by atoms with Crippen molar-refractivity contribution in [2.45, 2.75) is 52.1 Å². The smallest absolute Gasteiger partial charge is 0.137 e. The van der Waals surface area contributed by atoms with Crippen molar-refractivity contribution >= 4 is 15.9 Å². The molecule has 0 aliphatic carbocycles. The van der Waals surface area contributed by atoms with Gasteiger partial charge in [-0.3, -0.25) is 0 Å². The molecule has 0 unspecified atom stereocenters. The van der Waals surface area contributed by atoms with Gasteiger partial charge in [0.2, 0.25) is 0 Å². The fraction of sp³-hybridized carbons (Fsp3) is 0.529. The molecule has 0 atom stereocenters. The lowest BCUT2D eigenvalue weighted by Crippen LogP contribution is -2.22. The molecule has 0 aliphatic heterocycles. The summed E-state index contributed by atoms with van der Waals surface area (Å²) in [6.45, 7) is 9.65. The maximum atomic E-state index is 5.97. The van der Waals surface area contributed by atoms with E-state index in [0.717, 1.165) is 36.2 Å². The minimum Gasteiger partial charge on any atom is -0.492 e. The minimum atomic E-state index is 0.473. The fourth-order valence-corrected chi connectivity index (χ4v) is 2.43. The van der Waals surface area contributed by atoms with E-state index in [1.807, 2.05) is 12.1 Å². The first kappa shape index (κ1) is 17.3. The van der Waals surface area contributed by atoms with E-state index in [1.165, 1.54) is 18.4 Å². The Hall–Kier alpha value is -0.800. The maximum Gasteiger partial charge on any atom is 0.137 e. The molecule has 0 bridgehead atoms. The van der Waals surface area contributed by atoms with Gasteiger partial charge in [-0.15, -0.1) is 6.58 Å². The van der Waals surface area contributed by atoms with Gasteiger partial charge in [0.05, 0.1) is 11.1 Å². The number of ether oxygens (including phenoxy) is 1. The van der Waals surface area contributed by atoms with Crippen LogP contribution in [0.2, 0.25) is 0 Å². The van der Waals surface area contributed by atoms with Crippen LogP contribution in [0.3, 0.4) is 0 Å². The van der Waals surface area contributed by atoms with Gasteiger partial charge in [0.1, 0.15) is 5.75 Å². The summed E-state index contributed by atoms with van der Waals surface area (Å²) < 4.78 is 7.00. The SMILES string of the molecule is C=CCCCCCOc1c(Br)cccc1CNC(C)C. The molecule has 0 heterocycles. The monoisotopic (exact) mass is 339 g/mol. The van der Waals surface area contributed by atoms with Crippen LogP contribution in [0.1, 0.15) is 45.1 Å². The number of rotatable bonds is 10. The van der Waals surface area contributed by atoms with Crippen molar-refractivity contribution in [3.05, 3.63) is 40.9 Å². The summed E-state index contributed by atoms with van der Waals surface area (Å²) in [4.78, 5) is 0. The Balaban J connectivity index is 2.48. The third-order valence-corrected chi connectivity index (χ3v) is 3.67. The number of hydrogen-bond acceptors (Lipinski definition) is 2. The Kier molecular flexibility index (Phi) is 8.63. The van der Waals surface area contributed by atoms with Crippen molar-refractivity contribution in [2.24, 2.45) is 0 Å². The molecule has 0 saturated heterocycles. The van der Waals surface area contributed by atoms with Gasteiger partial charge >= 0.3 is 0 Å². The third-order valence-electron chi connectivity index (χ3n) is 3.05. The lowest BCUT2D eigenvalue weighted by Gasteiger charge is -2.15. The summed E-state index contributed by atoms with van der Waals surface area (Å²) >= 11 is 3.58. The molecule has 0 amide bonds. The van der Waals surface area contributed by atoms with E-state index in [1.54, 1.807) is 0 Å². The first-order chi connectivity index (χ1) is 9.65. The lowest BCUT2D eigenvalue weighted by molar-refractivity contribution is 0.299. The molecule has 112 valence electrons. The third kappa shape index (κ3) is 6.58. The molecule has 2 nitrogen and oxygen atoms in total. The van der Waals surface area contributed by atoms with Crippen molar-refractivity contribution in [1.29, 1.82) is 0 Å². The van der Waals surface area contributed by atoms with Crippen molar-refractivity contribution in [3.63, 3.8) is 0 Å². The summed E-state index contributed by atoms with van der Waals surface area (Å²) in [6.07, 6.45) is 6.55. The number of hydrogen-bond donors (Lipinski definition) is 1. The van der Waals surface area contributed by atoms with Crippen LogP contribution in [0.4, 0.5) is 0 Å². The summed E-state index contributed by atoms with van der Waals surface area (Å²) in [5.74, 6) is 0.976. The predicted octanol–water partition coefficient (Wildman–Crippen LogP) is 5.07. The number of benzene rings is 1. The first-order valence-corrected chi connectivity index (χ1v) is 8.19. The van der Waals surface area contributed by atoms with Gasteiger partial charge in [0, 0.05) is 18.2 Å². The van der Waals surface area contributed by atoms with Crippen LogP contribution >= 0.6 is 15.9 Å². The largest absolute Gasteiger partial charge is 0.492 e. The van der Waals surface area contributed by atoms with Crippen LogP contribution in [0.15, 0.2) is 35.3 Å². The zero-order valence-corrected chi connectivity index (χ0v) is 14.2. The van der Waals surface area contributed by atoms with E-state index >= 15 is 0 Å². The van der Waals surface area contributed by atoms with E-state index in [-0.39, 0.29) is 0 Å². The van der Waals surface area contributed by atoms with Gasteiger partial charge < -0.3 is 10.1 Å². The van der Waals surface area contributed by atoms with Crippen molar-refractivity contribution < 1.29 is 4.74 Å². The predicted molar refractivity (Wildman–Crippen MR) is 90.3 cm³/mol. The van der Waals surface area contributed by atoms with E-state index in [4.69, 9.17) is 4.74 Å². The fourth-order valence-electron chi connectivity index (χ4n) is 1.91. The Labute approximate surface area is 131 Å². The normalized spacial score (nSPS) is 10.8. The molecule has 0 aromatic heterocycles. The highest BCUT2D eigenvalue weighted by molar-refractivity contribution is 9.10. The summed E-state index contributed by atoms with van der Waals surface area (Å²) in [7, 11) is 0. The van der Waals surface area contributed by atoms with Gasteiger partial charge in [0.15, 0.2) is 0 Å². The van der Waals surface area contributed by atoms with Gasteiger partial charge in [-0.25, -0.2) is 0 Å². The molecule has 0 fully saturated rings. The highest BCUT2D eigenvalue weighted by atomic mass is 79.9. The molecule has 0 saturated carbocycles. The van der Waals surface area contributed by atoms with Crippen LogP contribution in [0, 0.1) is 0 Å². The zero-order valence-electron chi connectivity index (χ0n) is 12.6. The number of para-hydroxylation sites is 1. The molecule has 3 heteroatoms. The van der Waals surface area contributed by atoms with Crippen LogP contribution < -0.4 is 10.1 Å². The molecular formula is C17H26BrNO. The van der Waals surface area contributed by atoms with Crippen LogP contribution in [-0.2, 0) is 6.54 Å². The Bertz CT molecular complexity index is 404. The molecule has 1 aromatic rings. The highest BCUT2D eigenvalue weighted by Gasteiger charge is 2.08. The Morgan fingerprint density at radius 3 is 2.80 bits per heavy atom. The molecular weight excluding hydrogens is 314 g/mol. The van der Waals surface area contributed by atoms with Gasteiger partial charge in [-0.05, 0) is 47.7 Å². The number of unbranched alkanes of at least 4 members (excludes halogenated alkanes) is 3. The van der Waals surface area contributed by atoms with Gasteiger partial charge in [-0.2, -0.15) is 0 Å². The van der Waals surface area contributed by atoms with E-state index in [0.29, 0.717) is 6.04 Å². The molecule has 1 rings (SSSR count). The zero-order chi connectivity index (χ0) is 14.8. The van der Waals surface area contributed by atoms with E-state index in [2.05, 4.69) is 53.8 Å². The van der Waals surface area contributed by atoms with Crippen molar-refractivity contribution in [1.82, 2.24) is 5.32 Å². The van der Waals surface area contributed by atoms with Crippen molar-refractivity contribution in [3.8, 4) is 5.75 Å².